The molecule has 0 radical (unpaired) electrons. The molecule has 6 heteroatoms. The lowest BCUT2D eigenvalue weighted by Crippen LogP contribution is -2.51. The molecule has 0 N–H and O–H groups in total. The number of hydrogen-bond acceptors (Lipinski definition) is 5. The first-order valence-corrected chi connectivity index (χ1v) is 9.88. The SMILES string of the molecule is Cc1ncc(CN2CCC3(CCC(=O)N(CCCN(C)C)C3)CC2)cn1. The van der Waals surface area contributed by atoms with Gasteiger partial charge in [-0.2, -0.15) is 0 Å². The maximum Gasteiger partial charge on any atom is 0.222 e. The zero-order valence-electron chi connectivity index (χ0n) is 16.6. The third kappa shape index (κ3) is 5.01. The molecule has 0 saturated carbocycles. The van der Waals surface area contributed by atoms with E-state index >= 15 is 0 Å². The fraction of sp³-hybridized carbons (Fsp3) is 0.750. The molecule has 1 amide bonds. The monoisotopic (exact) mass is 359 g/mol. The predicted octanol–water partition coefficient (Wildman–Crippen LogP) is 1.94. The van der Waals surface area contributed by atoms with E-state index in [0.29, 0.717) is 11.3 Å². The van der Waals surface area contributed by atoms with E-state index in [4.69, 9.17) is 0 Å². The van der Waals surface area contributed by atoms with Crippen molar-refractivity contribution in [2.75, 3.05) is 46.8 Å². The number of carbonyl (C=O) groups is 1. The molecule has 1 aromatic rings. The van der Waals surface area contributed by atoms with Crippen molar-refractivity contribution in [2.24, 2.45) is 5.41 Å². The van der Waals surface area contributed by atoms with Crippen molar-refractivity contribution in [3.05, 3.63) is 23.8 Å². The minimum Gasteiger partial charge on any atom is -0.342 e. The van der Waals surface area contributed by atoms with Crippen molar-refractivity contribution in [1.82, 2.24) is 24.7 Å². The normalized spacial score (nSPS) is 20.9. The number of nitrogens with zero attached hydrogens (tertiary/aromatic N) is 5. The Morgan fingerprint density at radius 2 is 1.85 bits per heavy atom. The summed E-state index contributed by atoms with van der Waals surface area (Å²) in [7, 11) is 4.18. The predicted molar refractivity (Wildman–Crippen MR) is 103 cm³/mol. The average Bonchev–Trinajstić information content (AvgIpc) is 2.62. The van der Waals surface area contributed by atoms with Crippen molar-refractivity contribution in [3.63, 3.8) is 0 Å². The molecule has 2 aliphatic heterocycles. The van der Waals surface area contributed by atoms with Crippen LogP contribution < -0.4 is 0 Å². The molecule has 2 fully saturated rings. The summed E-state index contributed by atoms with van der Waals surface area (Å²) in [6.07, 6.45) is 9.13. The largest absolute Gasteiger partial charge is 0.342 e. The third-order valence-corrected chi connectivity index (χ3v) is 5.94. The smallest absolute Gasteiger partial charge is 0.222 e. The first kappa shape index (κ1) is 19.2. The van der Waals surface area contributed by atoms with Gasteiger partial charge in [0.05, 0.1) is 0 Å². The molecule has 26 heavy (non-hydrogen) atoms. The first-order valence-electron chi connectivity index (χ1n) is 9.88. The average molecular weight is 360 g/mol. The summed E-state index contributed by atoms with van der Waals surface area (Å²) >= 11 is 0. The molecule has 3 heterocycles. The number of aromatic nitrogens is 2. The summed E-state index contributed by atoms with van der Waals surface area (Å²) in [6, 6.07) is 0. The minimum atomic E-state index is 0.340. The van der Waals surface area contributed by atoms with E-state index in [2.05, 4.69) is 38.8 Å². The highest BCUT2D eigenvalue weighted by Crippen LogP contribution is 2.40. The zero-order valence-corrected chi connectivity index (χ0v) is 16.6. The molecule has 0 aliphatic carbocycles. The second-order valence-corrected chi connectivity index (χ2v) is 8.39. The van der Waals surface area contributed by atoms with Gasteiger partial charge >= 0.3 is 0 Å². The van der Waals surface area contributed by atoms with Crippen LogP contribution in [0.4, 0.5) is 0 Å². The summed E-state index contributed by atoms with van der Waals surface area (Å²) in [5, 5.41) is 0. The number of amides is 1. The maximum atomic E-state index is 12.3. The topological polar surface area (TPSA) is 52.6 Å². The highest BCUT2D eigenvalue weighted by molar-refractivity contribution is 5.77. The van der Waals surface area contributed by atoms with Gasteiger partial charge in [0, 0.05) is 44.0 Å². The Morgan fingerprint density at radius 1 is 1.15 bits per heavy atom. The van der Waals surface area contributed by atoms with Gasteiger partial charge in [0.15, 0.2) is 0 Å². The van der Waals surface area contributed by atoms with Crippen LogP contribution in [0.25, 0.3) is 0 Å². The van der Waals surface area contributed by atoms with Gasteiger partial charge in [-0.3, -0.25) is 9.69 Å². The molecule has 0 atom stereocenters. The van der Waals surface area contributed by atoms with E-state index in [0.717, 1.165) is 64.4 Å². The summed E-state index contributed by atoms with van der Waals surface area (Å²) in [4.78, 5) is 27.8. The second-order valence-electron chi connectivity index (χ2n) is 8.39. The molecule has 0 bridgehead atoms. The van der Waals surface area contributed by atoms with Gasteiger partial charge in [0.1, 0.15) is 5.82 Å². The molecular formula is C20H33N5O. The van der Waals surface area contributed by atoms with Crippen LogP contribution in [0.3, 0.4) is 0 Å². The Morgan fingerprint density at radius 3 is 2.50 bits per heavy atom. The van der Waals surface area contributed by atoms with E-state index < -0.39 is 0 Å². The summed E-state index contributed by atoms with van der Waals surface area (Å²) in [5.41, 5.74) is 1.53. The van der Waals surface area contributed by atoms with Crippen molar-refractivity contribution < 1.29 is 4.79 Å². The number of carbonyl (C=O) groups excluding carboxylic acids is 1. The Bertz CT molecular complexity index is 593. The third-order valence-electron chi connectivity index (χ3n) is 5.94. The van der Waals surface area contributed by atoms with Crippen molar-refractivity contribution in [1.29, 1.82) is 0 Å². The molecule has 2 aliphatic rings. The van der Waals surface area contributed by atoms with Crippen LogP contribution in [-0.2, 0) is 11.3 Å². The van der Waals surface area contributed by atoms with Gasteiger partial charge < -0.3 is 9.80 Å². The summed E-state index contributed by atoms with van der Waals surface area (Å²) in [5.74, 6) is 1.18. The molecule has 144 valence electrons. The maximum absolute atomic E-state index is 12.3. The van der Waals surface area contributed by atoms with Crippen LogP contribution in [0.5, 0.6) is 0 Å². The number of piperidine rings is 2. The van der Waals surface area contributed by atoms with Gasteiger partial charge in [-0.25, -0.2) is 9.97 Å². The van der Waals surface area contributed by atoms with Crippen molar-refractivity contribution in [3.8, 4) is 0 Å². The lowest BCUT2D eigenvalue weighted by molar-refractivity contribution is -0.139. The summed E-state index contributed by atoms with van der Waals surface area (Å²) in [6.45, 7) is 7.97. The molecule has 0 unspecified atom stereocenters. The van der Waals surface area contributed by atoms with E-state index in [1.165, 1.54) is 18.4 Å². The Labute approximate surface area is 157 Å². The molecular weight excluding hydrogens is 326 g/mol. The van der Waals surface area contributed by atoms with E-state index in [1.54, 1.807) is 0 Å². The lowest BCUT2D eigenvalue weighted by atomic mass is 9.72. The number of hydrogen-bond donors (Lipinski definition) is 0. The van der Waals surface area contributed by atoms with Crippen LogP contribution in [0.15, 0.2) is 12.4 Å². The van der Waals surface area contributed by atoms with E-state index in [1.807, 2.05) is 19.3 Å². The minimum absolute atomic E-state index is 0.340. The van der Waals surface area contributed by atoms with Crippen LogP contribution >= 0.6 is 0 Å². The van der Waals surface area contributed by atoms with E-state index in [9.17, 15) is 4.79 Å². The molecule has 1 aromatic heterocycles. The molecule has 2 saturated heterocycles. The van der Waals surface area contributed by atoms with Crippen molar-refractivity contribution in [2.45, 2.75) is 45.6 Å². The van der Waals surface area contributed by atoms with Crippen LogP contribution in [0.2, 0.25) is 0 Å². The van der Waals surface area contributed by atoms with Gasteiger partial charge in [-0.05, 0) is 71.8 Å². The van der Waals surface area contributed by atoms with Gasteiger partial charge in [0.2, 0.25) is 5.91 Å². The number of rotatable bonds is 6. The standard InChI is InChI=1S/C20H33N5O/c1-17-21-13-18(14-22-17)15-24-11-7-20(8-12-24)6-5-19(26)25(16-20)10-4-9-23(2)3/h13-14H,4-12,15-16H2,1-3H3. The van der Waals surface area contributed by atoms with Crippen LogP contribution in [0.1, 0.15) is 43.5 Å². The first-order chi connectivity index (χ1) is 12.5. The fourth-order valence-corrected chi connectivity index (χ4v) is 4.24. The van der Waals surface area contributed by atoms with Crippen molar-refractivity contribution >= 4 is 5.91 Å². The Balaban J connectivity index is 1.50. The van der Waals surface area contributed by atoms with Gasteiger partial charge in [-0.1, -0.05) is 0 Å². The fourth-order valence-electron chi connectivity index (χ4n) is 4.24. The Kier molecular flexibility index (Phi) is 6.24. The molecule has 1 spiro atoms. The lowest BCUT2D eigenvalue weighted by Gasteiger charge is -2.47. The quantitative estimate of drug-likeness (QED) is 0.777. The zero-order chi connectivity index (χ0) is 18.6. The highest BCUT2D eigenvalue weighted by Gasteiger charge is 2.40. The molecule has 6 nitrogen and oxygen atoms in total. The van der Waals surface area contributed by atoms with E-state index in [-0.39, 0.29) is 0 Å². The number of likely N-dealkylation sites (tertiary alicyclic amines) is 2. The van der Waals surface area contributed by atoms with Gasteiger partial charge in [0.25, 0.3) is 0 Å². The van der Waals surface area contributed by atoms with Crippen LogP contribution in [-0.4, -0.2) is 77.4 Å². The molecule has 0 aromatic carbocycles. The molecule has 3 rings (SSSR count). The number of aryl methyl sites for hydroxylation is 1. The van der Waals surface area contributed by atoms with Crippen LogP contribution in [0, 0.1) is 12.3 Å². The highest BCUT2D eigenvalue weighted by atomic mass is 16.2. The second kappa shape index (κ2) is 8.44. The summed E-state index contributed by atoms with van der Waals surface area (Å²) < 4.78 is 0. The van der Waals surface area contributed by atoms with Gasteiger partial charge in [-0.15, -0.1) is 0 Å². The Hall–Kier alpha value is -1.53.